The molecule has 0 aromatic carbocycles. The van der Waals surface area contributed by atoms with Gasteiger partial charge in [-0.3, -0.25) is 0 Å². The van der Waals surface area contributed by atoms with Gasteiger partial charge in [0.25, 0.3) is 10.1 Å². The monoisotopic (exact) mass is 179 g/mol. The lowest BCUT2D eigenvalue weighted by atomic mass is 10.6. The number of carbonyl (C=O) groups is 1. The molecule has 0 aromatic rings. The molecule has 0 amide bonds. The Hall–Kier alpha value is -0.880. The van der Waals surface area contributed by atoms with Gasteiger partial charge in [0.1, 0.15) is 12.4 Å². The first kappa shape index (κ1) is 10.1. The van der Waals surface area contributed by atoms with Crippen LogP contribution in [-0.2, 0) is 24.2 Å². The molecule has 0 rings (SSSR count). The van der Waals surface area contributed by atoms with E-state index in [1.807, 2.05) is 0 Å². The third-order valence-corrected chi connectivity index (χ3v) is 1.41. The Kier molecular flexibility index (Phi) is 3.77. The fourth-order valence-electron chi connectivity index (χ4n) is 0.303. The van der Waals surface area contributed by atoms with E-state index in [0.29, 0.717) is 0 Å². The Morgan fingerprint density at radius 2 is 2.09 bits per heavy atom. The molecule has 0 aliphatic rings. The molecule has 0 N–H and O–H groups in total. The van der Waals surface area contributed by atoms with E-state index in [1.165, 1.54) is 0 Å². The lowest BCUT2D eigenvalue weighted by molar-refractivity contribution is -0.137. The van der Waals surface area contributed by atoms with E-state index in [0.717, 1.165) is 6.08 Å². The van der Waals surface area contributed by atoms with Crippen molar-refractivity contribution in [3.05, 3.63) is 12.7 Å². The van der Waals surface area contributed by atoms with Gasteiger partial charge in [-0.05, 0) is 0 Å². The van der Waals surface area contributed by atoms with Crippen LogP contribution in [0.4, 0.5) is 0 Å². The third kappa shape index (κ3) is 7.01. The van der Waals surface area contributed by atoms with Crippen molar-refractivity contribution in [3.63, 3.8) is 0 Å². The molecule has 0 unspecified atom stereocenters. The van der Waals surface area contributed by atoms with Gasteiger partial charge in [0.05, 0.1) is 0 Å². The molecule has 0 saturated carbocycles. The molecule has 0 aliphatic carbocycles. The second-order valence-corrected chi connectivity index (χ2v) is 3.16. The minimum absolute atomic E-state index is 0.420. The van der Waals surface area contributed by atoms with Crippen LogP contribution in [0.15, 0.2) is 12.7 Å². The topological polar surface area (TPSA) is 80.3 Å². The Morgan fingerprint density at radius 3 is 2.45 bits per heavy atom. The lowest BCUT2D eigenvalue weighted by Crippen LogP contribution is -2.12. The minimum Gasteiger partial charge on any atom is -0.461 e. The molecule has 5 nitrogen and oxygen atoms in total. The largest absolute Gasteiger partial charge is 0.461 e. The quantitative estimate of drug-likeness (QED) is 0.429. The number of hydrogen-bond donors (Lipinski definition) is 0. The molecule has 0 heterocycles. The van der Waals surface area contributed by atoms with Crippen molar-refractivity contribution in [1.82, 2.24) is 0 Å². The fraction of sp³-hybridized carbons (Fsp3) is 0.400. The van der Waals surface area contributed by atoms with E-state index in [1.54, 1.807) is 0 Å². The summed E-state index contributed by atoms with van der Waals surface area (Å²) in [5, 5.41) is 0. The SMILES string of the molecule is C=CC(=O)OCCS([O])(=O)=O. The van der Waals surface area contributed by atoms with Crippen molar-refractivity contribution in [2.45, 2.75) is 0 Å². The van der Waals surface area contributed by atoms with Crippen molar-refractivity contribution < 1.29 is 22.5 Å². The molecule has 0 spiro atoms. The summed E-state index contributed by atoms with van der Waals surface area (Å²) in [6, 6.07) is 0. The molecule has 6 heteroatoms. The van der Waals surface area contributed by atoms with Gasteiger partial charge in [-0.15, -0.1) is 0 Å². The predicted molar refractivity (Wildman–Crippen MR) is 35.6 cm³/mol. The number of ether oxygens (including phenoxy) is 1. The number of carbonyl (C=O) groups excluding carboxylic acids is 1. The molecular weight excluding hydrogens is 172 g/mol. The summed E-state index contributed by atoms with van der Waals surface area (Å²) in [6.07, 6.45) is 0.886. The van der Waals surface area contributed by atoms with Gasteiger partial charge in [-0.2, -0.15) is 8.42 Å². The van der Waals surface area contributed by atoms with Crippen molar-refractivity contribution in [2.24, 2.45) is 0 Å². The Bertz CT molecular complexity index is 240. The van der Waals surface area contributed by atoms with Crippen LogP contribution >= 0.6 is 0 Å². The molecule has 1 radical (unpaired) electrons. The van der Waals surface area contributed by atoms with Gasteiger partial charge in [-0.25, -0.2) is 4.79 Å². The maximum atomic E-state index is 10.3. The van der Waals surface area contributed by atoms with Crippen molar-refractivity contribution in [3.8, 4) is 0 Å². The van der Waals surface area contributed by atoms with E-state index in [4.69, 9.17) is 0 Å². The Labute approximate surface area is 64.4 Å². The highest BCUT2D eigenvalue weighted by molar-refractivity contribution is 7.85. The van der Waals surface area contributed by atoms with E-state index in [2.05, 4.69) is 11.3 Å². The fourth-order valence-corrected chi connectivity index (χ4v) is 0.591. The normalized spacial score (nSPS) is 10.6. The first-order valence-electron chi connectivity index (χ1n) is 2.68. The lowest BCUT2D eigenvalue weighted by Gasteiger charge is -1.96. The Balaban J connectivity index is 3.59. The summed E-state index contributed by atoms with van der Waals surface area (Å²) in [4.78, 5) is 10.3. The van der Waals surface area contributed by atoms with E-state index >= 15 is 0 Å². The average molecular weight is 179 g/mol. The highest BCUT2D eigenvalue weighted by Gasteiger charge is 2.07. The van der Waals surface area contributed by atoms with Crippen LogP contribution in [0.3, 0.4) is 0 Å². The summed E-state index contributed by atoms with van der Waals surface area (Å²) in [5.74, 6) is -1.44. The highest BCUT2D eigenvalue weighted by Crippen LogP contribution is 1.85. The summed E-state index contributed by atoms with van der Waals surface area (Å²) >= 11 is 0. The summed E-state index contributed by atoms with van der Waals surface area (Å²) in [6.45, 7) is 2.65. The van der Waals surface area contributed by atoms with Crippen LogP contribution in [-0.4, -0.2) is 26.7 Å². The van der Waals surface area contributed by atoms with E-state index < -0.39 is 28.4 Å². The number of esters is 1. The minimum atomic E-state index is -4.29. The van der Waals surface area contributed by atoms with Crippen LogP contribution in [0.25, 0.3) is 0 Å². The zero-order chi connectivity index (χ0) is 8.91. The van der Waals surface area contributed by atoms with Crippen molar-refractivity contribution in [2.75, 3.05) is 12.4 Å². The molecule has 0 aromatic heterocycles. The van der Waals surface area contributed by atoms with Gasteiger partial charge in [0.2, 0.25) is 0 Å². The second kappa shape index (κ2) is 4.09. The number of rotatable bonds is 4. The number of hydrogen-bond acceptors (Lipinski definition) is 4. The Morgan fingerprint density at radius 1 is 1.55 bits per heavy atom. The standard InChI is InChI=1S/C5H7O5S/c1-2-5(6)10-3-4-11(7,8)9/h2H,1,3-4H2. The van der Waals surface area contributed by atoms with Gasteiger partial charge in [0, 0.05) is 6.08 Å². The van der Waals surface area contributed by atoms with Crippen LogP contribution < -0.4 is 0 Å². The zero-order valence-corrected chi connectivity index (χ0v) is 6.46. The molecule has 0 fully saturated rings. The van der Waals surface area contributed by atoms with E-state index in [-0.39, 0.29) is 0 Å². The van der Waals surface area contributed by atoms with Gasteiger partial charge >= 0.3 is 5.97 Å². The van der Waals surface area contributed by atoms with E-state index in [9.17, 15) is 17.8 Å². The molecule has 63 valence electrons. The second-order valence-electron chi connectivity index (χ2n) is 1.63. The average Bonchev–Trinajstić information content (AvgIpc) is 1.85. The maximum Gasteiger partial charge on any atom is 0.330 e. The van der Waals surface area contributed by atoms with Gasteiger partial charge in [-0.1, -0.05) is 11.1 Å². The molecular formula is C5H7O5S. The first-order valence-corrected chi connectivity index (χ1v) is 4.26. The van der Waals surface area contributed by atoms with Crippen LogP contribution in [0, 0.1) is 0 Å². The summed E-state index contributed by atoms with van der Waals surface area (Å²) in [5.41, 5.74) is 0. The summed E-state index contributed by atoms with van der Waals surface area (Å²) < 4.78 is 34.0. The van der Waals surface area contributed by atoms with Gasteiger partial charge < -0.3 is 4.74 Å². The maximum absolute atomic E-state index is 10.3. The molecule has 0 bridgehead atoms. The predicted octanol–water partition coefficient (Wildman–Crippen LogP) is -0.524. The van der Waals surface area contributed by atoms with Crippen LogP contribution in [0.2, 0.25) is 0 Å². The highest BCUT2D eigenvalue weighted by atomic mass is 32.2. The van der Waals surface area contributed by atoms with Crippen LogP contribution in [0.1, 0.15) is 0 Å². The molecule has 0 atom stereocenters. The smallest absolute Gasteiger partial charge is 0.330 e. The van der Waals surface area contributed by atoms with Gasteiger partial charge in [0.15, 0.2) is 0 Å². The molecule has 11 heavy (non-hydrogen) atoms. The van der Waals surface area contributed by atoms with Crippen molar-refractivity contribution >= 4 is 16.1 Å². The third-order valence-electron chi connectivity index (χ3n) is 0.744. The van der Waals surface area contributed by atoms with Crippen molar-refractivity contribution in [1.29, 1.82) is 0 Å². The molecule has 0 saturated heterocycles. The summed E-state index contributed by atoms with van der Waals surface area (Å²) in [7, 11) is -4.29. The molecule has 0 aliphatic heterocycles. The zero-order valence-electron chi connectivity index (χ0n) is 5.65. The first-order chi connectivity index (χ1) is 4.95. The van der Waals surface area contributed by atoms with Crippen LogP contribution in [0.5, 0.6) is 0 Å².